The lowest BCUT2D eigenvalue weighted by Gasteiger charge is -2.24. The highest BCUT2D eigenvalue weighted by atomic mass is 19.1. The summed E-state index contributed by atoms with van der Waals surface area (Å²) in [6, 6.07) is 14.9. The zero-order valence-electron chi connectivity index (χ0n) is 16.6. The van der Waals surface area contributed by atoms with Gasteiger partial charge in [0.15, 0.2) is 0 Å². The number of hydrogen-bond acceptors (Lipinski definition) is 2. The number of rotatable bonds is 7. The van der Waals surface area contributed by atoms with Crippen LogP contribution in [0.4, 0.5) is 20.6 Å². The van der Waals surface area contributed by atoms with Gasteiger partial charge in [0.25, 0.3) is 0 Å². The molecule has 0 heterocycles. The quantitative estimate of drug-likeness (QED) is 0.650. The lowest BCUT2D eigenvalue weighted by atomic mass is 9.89. The Bertz CT molecular complexity index is 807. The Morgan fingerprint density at radius 3 is 2.38 bits per heavy atom. The normalized spacial score (nSPS) is 14.2. The maximum absolute atomic E-state index is 13.9. The number of para-hydroxylation sites is 2. The van der Waals surface area contributed by atoms with E-state index >= 15 is 0 Å². The Labute approximate surface area is 171 Å². The molecule has 3 rings (SSSR count). The first-order valence-electron chi connectivity index (χ1n) is 10.3. The molecule has 29 heavy (non-hydrogen) atoms. The molecular formula is C23H28FN3O2. The second-order valence-electron chi connectivity index (χ2n) is 7.38. The molecule has 0 aliphatic heterocycles. The van der Waals surface area contributed by atoms with Gasteiger partial charge in [-0.1, -0.05) is 49.6 Å². The number of carbonyl (C=O) groups is 2. The van der Waals surface area contributed by atoms with E-state index in [4.69, 9.17) is 0 Å². The van der Waals surface area contributed by atoms with Crippen LogP contribution in [-0.2, 0) is 4.79 Å². The number of anilines is 2. The number of urea groups is 1. The van der Waals surface area contributed by atoms with Gasteiger partial charge in [-0.3, -0.25) is 9.69 Å². The molecule has 0 aromatic heterocycles. The molecule has 3 amide bonds. The first-order valence-corrected chi connectivity index (χ1v) is 10.3. The Hall–Kier alpha value is -2.89. The number of hydrogen-bond donors (Lipinski definition) is 2. The van der Waals surface area contributed by atoms with E-state index in [-0.39, 0.29) is 17.5 Å². The summed E-state index contributed by atoms with van der Waals surface area (Å²) in [6.07, 6.45) is 6.00. The van der Waals surface area contributed by atoms with Crippen LogP contribution in [0.1, 0.15) is 38.5 Å². The largest absolute Gasteiger partial charge is 0.356 e. The monoisotopic (exact) mass is 397 g/mol. The lowest BCUT2D eigenvalue weighted by molar-refractivity contribution is -0.125. The topological polar surface area (TPSA) is 61.4 Å². The molecule has 0 radical (unpaired) electrons. The molecule has 0 atom stereocenters. The van der Waals surface area contributed by atoms with Gasteiger partial charge >= 0.3 is 6.03 Å². The zero-order chi connectivity index (χ0) is 20.5. The van der Waals surface area contributed by atoms with E-state index in [1.54, 1.807) is 17.0 Å². The van der Waals surface area contributed by atoms with Crippen LogP contribution in [-0.4, -0.2) is 25.0 Å². The maximum Gasteiger partial charge on any atom is 0.326 e. The van der Waals surface area contributed by atoms with E-state index in [1.807, 2.05) is 30.3 Å². The van der Waals surface area contributed by atoms with Gasteiger partial charge in [0, 0.05) is 24.7 Å². The average Bonchev–Trinajstić information content (AvgIpc) is 2.76. The van der Waals surface area contributed by atoms with Crippen LogP contribution in [0.5, 0.6) is 0 Å². The van der Waals surface area contributed by atoms with E-state index in [0.29, 0.717) is 19.5 Å². The molecule has 2 aromatic rings. The van der Waals surface area contributed by atoms with Gasteiger partial charge in [-0.25, -0.2) is 9.18 Å². The molecule has 154 valence electrons. The fourth-order valence-corrected chi connectivity index (χ4v) is 3.66. The van der Waals surface area contributed by atoms with Crippen LogP contribution >= 0.6 is 0 Å². The van der Waals surface area contributed by atoms with Crippen LogP contribution < -0.4 is 15.5 Å². The van der Waals surface area contributed by atoms with Crippen molar-refractivity contribution in [2.75, 3.05) is 23.3 Å². The molecule has 0 unspecified atom stereocenters. The van der Waals surface area contributed by atoms with Gasteiger partial charge in [0.2, 0.25) is 5.91 Å². The predicted molar refractivity (Wildman–Crippen MR) is 113 cm³/mol. The third kappa shape index (κ3) is 6.04. The molecule has 0 saturated heterocycles. The van der Waals surface area contributed by atoms with Gasteiger partial charge < -0.3 is 10.6 Å². The van der Waals surface area contributed by atoms with Crippen molar-refractivity contribution >= 4 is 23.3 Å². The third-order valence-corrected chi connectivity index (χ3v) is 5.26. The Morgan fingerprint density at radius 2 is 1.66 bits per heavy atom. The summed E-state index contributed by atoms with van der Waals surface area (Å²) in [4.78, 5) is 26.6. The summed E-state index contributed by atoms with van der Waals surface area (Å²) in [5, 5.41) is 5.63. The Kier molecular flexibility index (Phi) is 7.61. The highest BCUT2D eigenvalue weighted by Gasteiger charge is 2.21. The molecule has 2 aromatic carbocycles. The molecule has 2 N–H and O–H groups in total. The van der Waals surface area contributed by atoms with E-state index in [2.05, 4.69) is 10.6 Å². The van der Waals surface area contributed by atoms with Crippen LogP contribution in [0, 0.1) is 11.7 Å². The molecule has 0 spiro atoms. The fourth-order valence-electron chi connectivity index (χ4n) is 3.66. The molecule has 6 heteroatoms. The van der Waals surface area contributed by atoms with Crippen LogP contribution in [0.25, 0.3) is 0 Å². The third-order valence-electron chi connectivity index (χ3n) is 5.26. The molecule has 1 saturated carbocycles. The number of halogens is 1. The standard InChI is InChI=1S/C23H28FN3O2/c24-20-14-7-8-15-21(20)26-23(29)27(19-12-5-2-6-13-19)17-9-16-25-22(28)18-10-3-1-4-11-18/h2,5-8,12-15,18H,1,3-4,9-11,16-17H2,(H,25,28)(H,26,29). The van der Waals surface area contributed by atoms with E-state index in [9.17, 15) is 14.0 Å². The fraction of sp³-hybridized carbons (Fsp3) is 0.391. The number of carbonyl (C=O) groups excluding carboxylic acids is 2. The summed E-state index contributed by atoms with van der Waals surface area (Å²) in [6.45, 7) is 0.918. The molecule has 1 aliphatic carbocycles. The van der Waals surface area contributed by atoms with Gasteiger partial charge in [0.05, 0.1) is 5.69 Å². The first-order chi connectivity index (χ1) is 14.1. The second kappa shape index (κ2) is 10.6. The van der Waals surface area contributed by atoms with Crippen molar-refractivity contribution in [3.8, 4) is 0 Å². The highest BCUT2D eigenvalue weighted by molar-refractivity contribution is 6.01. The number of amides is 3. The van der Waals surface area contributed by atoms with Gasteiger partial charge in [0.1, 0.15) is 5.82 Å². The minimum atomic E-state index is -0.478. The van der Waals surface area contributed by atoms with Crippen molar-refractivity contribution in [1.82, 2.24) is 5.32 Å². The summed E-state index contributed by atoms with van der Waals surface area (Å²) in [5.41, 5.74) is 0.865. The maximum atomic E-state index is 13.9. The minimum Gasteiger partial charge on any atom is -0.356 e. The second-order valence-corrected chi connectivity index (χ2v) is 7.38. The lowest BCUT2D eigenvalue weighted by Crippen LogP contribution is -2.38. The predicted octanol–water partition coefficient (Wildman–Crippen LogP) is 4.95. The number of nitrogens with zero attached hydrogens (tertiary/aromatic N) is 1. The van der Waals surface area contributed by atoms with E-state index in [1.165, 1.54) is 18.6 Å². The van der Waals surface area contributed by atoms with Gasteiger partial charge in [-0.2, -0.15) is 0 Å². The van der Waals surface area contributed by atoms with Gasteiger partial charge in [-0.05, 0) is 43.5 Å². The van der Waals surface area contributed by atoms with E-state index in [0.717, 1.165) is 31.4 Å². The van der Waals surface area contributed by atoms with Crippen molar-refractivity contribution < 1.29 is 14.0 Å². The summed E-state index contributed by atoms with van der Waals surface area (Å²) < 4.78 is 13.9. The van der Waals surface area contributed by atoms with Crippen molar-refractivity contribution in [2.45, 2.75) is 38.5 Å². The summed E-state index contributed by atoms with van der Waals surface area (Å²) >= 11 is 0. The molecule has 0 bridgehead atoms. The van der Waals surface area contributed by atoms with Gasteiger partial charge in [-0.15, -0.1) is 0 Å². The van der Waals surface area contributed by atoms with Crippen LogP contribution in [0.3, 0.4) is 0 Å². The molecular weight excluding hydrogens is 369 g/mol. The molecule has 1 fully saturated rings. The summed E-state index contributed by atoms with van der Waals surface area (Å²) in [5.74, 6) is -0.237. The van der Waals surface area contributed by atoms with Crippen molar-refractivity contribution in [2.24, 2.45) is 5.92 Å². The molecule has 1 aliphatic rings. The van der Waals surface area contributed by atoms with Crippen molar-refractivity contribution in [3.63, 3.8) is 0 Å². The number of nitrogens with one attached hydrogen (secondary N) is 2. The zero-order valence-corrected chi connectivity index (χ0v) is 16.6. The first kappa shape index (κ1) is 20.8. The van der Waals surface area contributed by atoms with Crippen LogP contribution in [0.2, 0.25) is 0 Å². The SMILES string of the molecule is O=C(NCCCN(C(=O)Nc1ccccc1F)c1ccccc1)C1CCCCC1. The minimum absolute atomic E-state index is 0.117. The summed E-state index contributed by atoms with van der Waals surface area (Å²) in [7, 11) is 0. The molecule has 5 nitrogen and oxygen atoms in total. The van der Waals surface area contributed by atoms with Crippen LogP contribution in [0.15, 0.2) is 54.6 Å². The average molecular weight is 397 g/mol. The number of benzene rings is 2. The Morgan fingerprint density at radius 1 is 0.966 bits per heavy atom. The Balaban J connectivity index is 1.57. The smallest absolute Gasteiger partial charge is 0.326 e. The van der Waals surface area contributed by atoms with Crippen molar-refractivity contribution in [1.29, 1.82) is 0 Å². The van der Waals surface area contributed by atoms with E-state index < -0.39 is 11.8 Å². The highest BCUT2D eigenvalue weighted by Crippen LogP contribution is 2.23. The van der Waals surface area contributed by atoms with Crippen molar-refractivity contribution in [3.05, 3.63) is 60.4 Å².